The quantitative estimate of drug-likeness (QED) is 0.600. The summed E-state index contributed by atoms with van der Waals surface area (Å²) in [4.78, 5) is 11.6. The van der Waals surface area contributed by atoms with Crippen molar-refractivity contribution in [3.63, 3.8) is 0 Å². The molecule has 0 unspecified atom stereocenters. The Labute approximate surface area is 162 Å². The first-order chi connectivity index (χ1) is 12.6. The van der Waals surface area contributed by atoms with Crippen molar-refractivity contribution in [1.29, 1.82) is 0 Å². The van der Waals surface area contributed by atoms with Gasteiger partial charge in [-0.3, -0.25) is 0 Å². The first-order valence-electron chi connectivity index (χ1n) is 9.42. The van der Waals surface area contributed by atoms with Crippen LogP contribution in [0.2, 0.25) is 0 Å². The second-order valence-corrected chi connectivity index (χ2v) is 7.76. The summed E-state index contributed by atoms with van der Waals surface area (Å²) in [5.74, 6) is 1.98. The zero-order chi connectivity index (χ0) is 20.3. The second-order valence-electron chi connectivity index (χ2n) is 7.76. The molecule has 1 N–H and O–H groups in total. The predicted octanol–water partition coefficient (Wildman–Crippen LogP) is 6.56. The molecule has 0 fully saturated rings. The minimum Gasteiger partial charge on any atom is -0.496 e. The smallest absolute Gasteiger partial charge is 0.335 e. The molecule has 0 aliphatic carbocycles. The molecule has 0 aliphatic heterocycles. The van der Waals surface area contributed by atoms with Crippen LogP contribution in [0.3, 0.4) is 0 Å². The van der Waals surface area contributed by atoms with Gasteiger partial charge in [-0.2, -0.15) is 0 Å². The highest BCUT2D eigenvalue weighted by molar-refractivity contribution is 5.88. The third-order valence-corrected chi connectivity index (χ3v) is 4.68. The van der Waals surface area contributed by atoms with Crippen LogP contribution in [0.4, 0.5) is 0 Å². The topological polar surface area (TPSA) is 55.8 Å². The summed E-state index contributed by atoms with van der Waals surface area (Å²) in [6.07, 6.45) is 0. The lowest BCUT2D eigenvalue weighted by Gasteiger charge is -2.22. The van der Waals surface area contributed by atoms with Crippen molar-refractivity contribution in [1.82, 2.24) is 0 Å². The van der Waals surface area contributed by atoms with E-state index in [1.165, 1.54) is 0 Å². The van der Waals surface area contributed by atoms with E-state index < -0.39 is 5.97 Å². The molecule has 2 rings (SSSR count). The van der Waals surface area contributed by atoms with E-state index in [0.29, 0.717) is 11.5 Å². The molecule has 0 aliphatic rings. The van der Waals surface area contributed by atoms with E-state index >= 15 is 0 Å². The molecule has 0 atom stereocenters. The Hall–Kier alpha value is -2.49. The molecular formula is C23H30O4. The summed E-state index contributed by atoms with van der Waals surface area (Å²) in [7, 11) is 1.67. The van der Waals surface area contributed by atoms with Crippen molar-refractivity contribution in [2.24, 2.45) is 0 Å². The maximum atomic E-state index is 11.6. The van der Waals surface area contributed by atoms with Gasteiger partial charge in [-0.05, 0) is 59.2 Å². The number of hydrogen-bond acceptors (Lipinski definition) is 3. The van der Waals surface area contributed by atoms with E-state index in [1.54, 1.807) is 19.2 Å². The summed E-state index contributed by atoms with van der Waals surface area (Å²) in [6, 6.07) is 9.26. The van der Waals surface area contributed by atoms with Crippen LogP contribution in [0.5, 0.6) is 17.2 Å². The van der Waals surface area contributed by atoms with Crippen molar-refractivity contribution in [3.05, 3.63) is 52.6 Å². The molecule has 2 aromatic carbocycles. The lowest BCUT2D eigenvalue weighted by molar-refractivity contribution is 0.0696. The fourth-order valence-corrected chi connectivity index (χ4v) is 3.12. The van der Waals surface area contributed by atoms with Crippen LogP contribution < -0.4 is 9.47 Å². The maximum absolute atomic E-state index is 11.6. The zero-order valence-electron chi connectivity index (χ0n) is 17.3. The SMILES string of the molecule is COc1ccc(Oc2c(C(C)C)cc(C(=O)O)cc2C(C)C)cc1C(C)C. The Kier molecular flexibility index (Phi) is 6.53. The Morgan fingerprint density at radius 3 is 1.78 bits per heavy atom. The number of carboxylic acid groups (broad SMARTS) is 1. The van der Waals surface area contributed by atoms with Crippen LogP contribution in [0.25, 0.3) is 0 Å². The van der Waals surface area contributed by atoms with Crippen molar-refractivity contribution >= 4 is 5.97 Å². The van der Waals surface area contributed by atoms with Crippen LogP contribution in [-0.2, 0) is 0 Å². The third kappa shape index (κ3) is 4.62. The molecule has 27 heavy (non-hydrogen) atoms. The summed E-state index contributed by atoms with van der Waals surface area (Å²) in [5.41, 5.74) is 3.18. The molecule has 2 aromatic rings. The summed E-state index contributed by atoms with van der Waals surface area (Å²) < 4.78 is 11.8. The largest absolute Gasteiger partial charge is 0.496 e. The molecule has 0 aromatic heterocycles. The van der Waals surface area contributed by atoms with E-state index in [2.05, 4.69) is 13.8 Å². The van der Waals surface area contributed by atoms with Crippen LogP contribution in [0, 0.1) is 0 Å². The molecule has 4 nitrogen and oxygen atoms in total. The number of methoxy groups -OCH3 is 1. The highest BCUT2D eigenvalue weighted by Crippen LogP contribution is 2.40. The van der Waals surface area contributed by atoms with Gasteiger partial charge in [0.05, 0.1) is 12.7 Å². The number of carbonyl (C=O) groups is 1. The molecule has 0 radical (unpaired) electrons. The van der Waals surface area contributed by atoms with Crippen molar-refractivity contribution in [2.75, 3.05) is 7.11 Å². The van der Waals surface area contributed by atoms with Gasteiger partial charge in [-0.1, -0.05) is 41.5 Å². The number of aromatic carboxylic acids is 1. The van der Waals surface area contributed by atoms with Gasteiger partial charge in [0.2, 0.25) is 0 Å². The van der Waals surface area contributed by atoms with Gasteiger partial charge in [0, 0.05) is 5.56 Å². The van der Waals surface area contributed by atoms with E-state index in [1.807, 2.05) is 45.9 Å². The van der Waals surface area contributed by atoms with Crippen LogP contribution in [-0.4, -0.2) is 18.2 Å². The minimum absolute atomic E-state index is 0.139. The number of carboxylic acids is 1. The highest BCUT2D eigenvalue weighted by atomic mass is 16.5. The molecule has 0 saturated heterocycles. The summed E-state index contributed by atoms with van der Waals surface area (Å²) >= 11 is 0. The normalized spacial score (nSPS) is 11.3. The van der Waals surface area contributed by atoms with Gasteiger partial charge in [0.1, 0.15) is 17.2 Å². The van der Waals surface area contributed by atoms with Gasteiger partial charge >= 0.3 is 5.97 Å². The van der Waals surface area contributed by atoms with E-state index in [0.717, 1.165) is 33.9 Å². The van der Waals surface area contributed by atoms with Gasteiger partial charge in [-0.15, -0.1) is 0 Å². The van der Waals surface area contributed by atoms with Crippen LogP contribution in [0.15, 0.2) is 30.3 Å². The Morgan fingerprint density at radius 1 is 0.852 bits per heavy atom. The molecular weight excluding hydrogens is 340 g/mol. The Bertz CT molecular complexity index is 790. The molecule has 4 heteroatoms. The standard InChI is InChI=1S/C23H30O4/c1-13(2)18-12-17(8-9-21(18)26-7)27-22-19(14(3)4)10-16(23(24)25)11-20(22)15(5)6/h8-15H,1-7H3,(H,24,25). The molecule has 0 spiro atoms. The first-order valence-corrected chi connectivity index (χ1v) is 9.42. The molecule has 146 valence electrons. The van der Waals surface area contributed by atoms with Crippen molar-refractivity contribution < 1.29 is 19.4 Å². The Morgan fingerprint density at radius 2 is 1.37 bits per heavy atom. The second kappa shape index (κ2) is 8.47. The predicted molar refractivity (Wildman–Crippen MR) is 109 cm³/mol. The van der Waals surface area contributed by atoms with Crippen LogP contribution >= 0.6 is 0 Å². The van der Waals surface area contributed by atoms with Gasteiger partial charge in [0.25, 0.3) is 0 Å². The number of benzene rings is 2. The van der Waals surface area contributed by atoms with Gasteiger partial charge < -0.3 is 14.6 Å². The lowest BCUT2D eigenvalue weighted by Crippen LogP contribution is -2.06. The Balaban J connectivity index is 2.61. The average Bonchev–Trinajstić information content (AvgIpc) is 2.60. The zero-order valence-corrected chi connectivity index (χ0v) is 17.3. The molecule has 0 saturated carbocycles. The number of hydrogen-bond donors (Lipinski definition) is 1. The molecule has 0 amide bonds. The van der Waals surface area contributed by atoms with Gasteiger partial charge in [-0.25, -0.2) is 4.79 Å². The number of ether oxygens (including phenoxy) is 2. The number of rotatable bonds is 7. The summed E-state index contributed by atoms with van der Waals surface area (Å²) in [5, 5.41) is 9.48. The van der Waals surface area contributed by atoms with E-state index in [9.17, 15) is 9.90 Å². The lowest BCUT2D eigenvalue weighted by atomic mass is 9.91. The monoisotopic (exact) mass is 370 g/mol. The molecule has 0 heterocycles. The van der Waals surface area contributed by atoms with Crippen molar-refractivity contribution in [2.45, 2.75) is 59.3 Å². The van der Waals surface area contributed by atoms with Gasteiger partial charge in [0.15, 0.2) is 0 Å². The average molecular weight is 370 g/mol. The first kappa shape index (κ1) is 20.8. The fraction of sp³-hybridized carbons (Fsp3) is 0.435. The summed E-state index contributed by atoms with van der Waals surface area (Å²) in [6.45, 7) is 12.4. The third-order valence-electron chi connectivity index (χ3n) is 4.68. The van der Waals surface area contributed by atoms with Crippen LogP contribution in [0.1, 0.15) is 86.3 Å². The van der Waals surface area contributed by atoms with E-state index in [-0.39, 0.29) is 11.8 Å². The fourth-order valence-electron chi connectivity index (χ4n) is 3.12. The van der Waals surface area contributed by atoms with E-state index in [4.69, 9.17) is 9.47 Å². The minimum atomic E-state index is -0.920. The highest BCUT2D eigenvalue weighted by Gasteiger charge is 2.21. The molecule has 0 bridgehead atoms. The van der Waals surface area contributed by atoms with Crippen molar-refractivity contribution in [3.8, 4) is 17.2 Å². The maximum Gasteiger partial charge on any atom is 0.335 e.